The van der Waals surface area contributed by atoms with Crippen LogP contribution in [0.2, 0.25) is 0 Å². The first-order chi connectivity index (χ1) is 10.2. The van der Waals surface area contributed by atoms with Gasteiger partial charge in [-0.3, -0.25) is 9.69 Å². The van der Waals surface area contributed by atoms with Crippen LogP contribution in [0.4, 0.5) is 13.2 Å². The lowest BCUT2D eigenvalue weighted by Gasteiger charge is -2.34. The Labute approximate surface area is 123 Å². The number of carboxylic acids is 1. The van der Waals surface area contributed by atoms with Gasteiger partial charge in [0.15, 0.2) is 0 Å². The molecule has 10 heteroatoms. The van der Waals surface area contributed by atoms with Gasteiger partial charge in [0.25, 0.3) is 0 Å². The number of hydrogen-bond donors (Lipinski definition) is 1. The fraction of sp³-hybridized carbons (Fsp3) is 0.583. The van der Waals surface area contributed by atoms with E-state index >= 15 is 0 Å². The van der Waals surface area contributed by atoms with Gasteiger partial charge in [-0.15, -0.1) is 0 Å². The number of hydrogen-bond acceptors (Lipinski definition) is 5. The van der Waals surface area contributed by atoms with Gasteiger partial charge < -0.3 is 14.7 Å². The Morgan fingerprint density at radius 2 is 1.68 bits per heavy atom. The minimum atomic E-state index is -4.87. The number of piperazine rings is 1. The highest BCUT2D eigenvalue weighted by Gasteiger charge is 2.43. The number of halogens is 3. The molecule has 0 unspecified atom stereocenters. The van der Waals surface area contributed by atoms with Crippen LogP contribution >= 0.6 is 0 Å². The van der Waals surface area contributed by atoms with Crippen LogP contribution in [0.15, 0.2) is 12.2 Å². The minimum absolute atomic E-state index is 0.0178. The van der Waals surface area contributed by atoms with Crippen LogP contribution in [-0.4, -0.2) is 78.3 Å². The summed E-state index contributed by atoms with van der Waals surface area (Å²) in [6.07, 6.45) is -3.46. The molecule has 0 bridgehead atoms. The number of nitrogens with zero attached hydrogens (tertiary/aromatic N) is 2. The summed E-state index contributed by atoms with van der Waals surface area (Å²) in [6, 6.07) is 0. The Hall–Kier alpha value is -2.10. The third kappa shape index (κ3) is 6.12. The quantitative estimate of drug-likeness (QED) is 0.560. The van der Waals surface area contributed by atoms with Crippen molar-refractivity contribution in [2.45, 2.75) is 6.18 Å². The van der Waals surface area contributed by atoms with Gasteiger partial charge in [-0.05, 0) is 0 Å². The van der Waals surface area contributed by atoms with Crippen molar-refractivity contribution in [3.05, 3.63) is 12.2 Å². The van der Waals surface area contributed by atoms with Gasteiger partial charge in [0, 0.05) is 44.9 Å². The molecule has 0 aromatic carbocycles. The molecule has 0 saturated carbocycles. The molecule has 0 aromatic rings. The van der Waals surface area contributed by atoms with Gasteiger partial charge in [0.05, 0.1) is 0 Å². The molecule has 0 spiro atoms. The molecule has 7 nitrogen and oxygen atoms in total. The van der Waals surface area contributed by atoms with Crippen LogP contribution in [0.25, 0.3) is 0 Å². The average molecular weight is 324 g/mol. The van der Waals surface area contributed by atoms with Crippen molar-refractivity contribution in [3.8, 4) is 0 Å². The van der Waals surface area contributed by atoms with Crippen LogP contribution in [-0.2, 0) is 19.1 Å². The fourth-order valence-electron chi connectivity index (χ4n) is 1.82. The number of esters is 1. The van der Waals surface area contributed by atoms with Gasteiger partial charge in [-0.2, -0.15) is 13.2 Å². The molecule has 1 amide bonds. The number of alkyl halides is 3. The minimum Gasteiger partial charge on any atom is -0.478 e. The van der Waals surface area contributed by atoms with Crippen LogP contribution in [0.5, 0.6) is 0 Å². The number of carboxylic acid groups (broad SMARTS) is 1. The zero-order valence-electron chi connectivity index (χ0n) is 11.5. The van der Waals surface area contributed by atoms with Crippen molar-refractivity contribution < 1.29 is 37.4 Å². The van der Waals surface area contributed by atoms with Crippen LogP contribution in [0.3, 0.4) is 0 Å². The van der Waals surface area contributed by atoms with E-state index in [0.717, 1.165) is 11.0 Å². The summed E-state index contributed by atoms with van der Waals surface area (Å²) in [5, 5.41) is 8.30. The summed E-state index contributed by atoms with van der Waals surface area (Å²) in [4.78, 5) is 34.7. The molecule has 124 valence electrons. The zero-order valence-corrected chi connectivity index (χ0v) is 11.5. The van der Waals surface area contributed by atoms with Crippen molar-refractivity contribution in [2.24, 2.45) is 0 Å². The fourth-order valence-corrected chi connectivity index (χ4v) is 1.82. The van der Waals surface area contributed by atoms with Crippen LogP contribution in [0.1, 0.15) is 0 Å². The maximum atomic E-state index is 12.2. The van der Waals surface area contributed by atoms with Crippen LogP contribution in [0, 0.1) is 0 Å². The first kappa shape index (κ1) is 18.0. The van der Waals surface area contributed by atoms with Gasteiger partial charge in [-0.1, -0.05) is 0 Å². The maximum Gasteiger partial charge on any atom is 0.471 e. The van der Waals surface area contributed by atoms with E-state index in [9.17, 15) is 27.6 Å². The first-order valence-electron chi connectivity index (χ1n) is 6.36. The van der Waals surface area contributed by atoms with E-state index in [0.29, 0.717) is 12.6 Å². The van der Waals surface area contributed by atoms with Gasteiger partial charge in [0.1, 0.15) is 6.61 Å². The molecule has 0 aliphatic carbocycles. The third-order valence-corrected chi connectivity index (χ3v) is 2.92. The van der Waals surface area contributed by atoms with Crippen molar-refractivity contribution in [3.63, 3.8) is 0 Å². The normalized spacial score (nSPS) is 16.8. The van der Waals surface area contributed by atoms with E-state index in [-0.39, 0.29) is 32.8 Å². The molecule has 1 fully saturated rings. The number of carbonyl (C=O) groups is 3. The highest BCUT2D eigenvalue weighted by molar-refractivity contribution is 5.90. The summed E-state index contributed by atoms with van der Waals surface area (Å²) in [5.74, 6) is -3.94. The summed E-state index contributed by atoms with van der Waals surface area (Å²) >= 11 is 0. The van der Waals surface area contributed by atoms with Crippen molar-refractivity contribution in [2.75, 3.05) is 39.3 Å². The number of ether oxygens (including phenoxy) is 1. The van der Waals surface area contributed by atoms with Gasteiger partial charge >= 0.3 is 24.0 Å². The molecular weight excluding hydrogens is 309 g/mol. The number of carbonyl (C=O) groups excluding carboxylic acids is 2. The summed E-state index contributed by atoms with van der Waals surface area (Å²) in [7, 11) is 0. The standard InChI is InChI=1S/C12H15F3N2O5/c13-12(14,15)11(21)17-5-3-16(4-6-17)7-8-22-10(20)2-1-9(18)19/h1-2H,3-8H2,(H,18,19)/b2-1+. The Balaban J connectivity index is 2.25. The summed E-state index contributed by atoms with van der Waals surface area (Å²) < 4.78 is 41.5. The highest BCUT2D eigenvalue weighted by atomic mass is 19.4. The molecule has 1 rings (SSSR count). The first-order valence-corrected chi connectivity index (χ1v) is 6.36. The van der Waals surface area contributed by atoms with E-state index in [4.69, 9.17) is 9.84 Å². The monoisotopic (exact) mass is 324 g/mol. The van der Waals surface area contributed by atoms with E-state index in [2.05, 4.69) is 0 Å². The Morgan fingerprint density at radius 3 is 2.18 bits per heavy atom. The van der Waals surface area contributed by atoms with E-state index < -0.39 is 24.0 Å². The second-order valence-corrected chi connectivity index (χ2v) is 4.47. The molecule has 0 radical (unpaired) electrons. The van der Waals surface area contributed by atoms with Crippen molar-refractivity contribution in [1.29, 1.82) is 0 Å². The van der Waals surface area contributed by atoms with E-state index in [1.54, 1.807) is 4.90 Å². The lowest BCUT2D eigenvalue weighted by atomic mass is 10.3. The second-order valence-electron chi connectivity index (χ2n) is 4.47. The Bertz CT molecular complexity index is 456. The zero-order chi connectivity index (χ0) is 16.8. The highest BCUT2D eigenvalue weighted by Crippen LogP contribution is 2.19. The number of amides is 1. The molecule has 22 heavy (non-hydrogen) atoms. The third-order valence-electron chi connectivity index (χ3n) is 2.92. The summed E-state index contributed by atoms with van der Waals surface area (Å²) in [5.41, 5.74) is 0. The van der Waals surface area contributed by atoms with Crippen LogP contribution < -0.4 is 0 Å². The largest absolute Gasteiger partial charge is 0.478 e. The number of aliphatic carboxylic acids is 1. The van der Waals surface area contributed by atoms with Crippen molar-refractivity contribution >= 4 is 17.8 Å². The van der Waals surface area contributed by atoms with Gasteiger partial charge in [0.2, 0.25) is 0 Å². The molecule has 0 atom stereocenters. The predicted molar refractivity (Wildman–Crippen MR) is 66.8 cm³/mol. The van der Waals surface area contributed by atoms with Crippen molar-refractivity contribution in [1.82, 2.24) is 9.80 Å². The smallest absolute Gasteiger partial charge is 0.471 e. The van der Waals surface area contributed by atoms with Gasteiger partial charge in [-0.25, -0.2) is 9.59 Å². The predicted octanol–water partition coefficient (Wildman–Crippen LogP) is -0.123. The lowest BCUT2D eigenvalue weighted by molar-refractivity contribution is -0.187. The molecule has 1 saturated heterocycles. The Kier molecular flexibility index (Phi) is 6.35. The molecule has 1 N–H and O–H groups in total. The molecule has 0 aromatic heterocycles. The number of rotatable bonds is 5. The van der Waals surface area contributed by atoms with E-state index in [1.165, 1.54) is 0 Å². The molecular formula is C12H15F3N2O5. The lowest BCUT2D eigenvalue weighted by Crippen LogP contribution is -2.52. The molecule has 1 aliphatic heterocycles. The summed E-state index contributed by atoms with van der Waals surface area (Å²) in [6.45, 7) is 0.655. The SMILES string of the molecule is O=C(O)/C=C/C(=O)OCCN1CCN(C(=O)C(F)(F)F)CC1. The maximum absolute atomic E-state index is 12.2. The average Bonchev–Trinajstić information content (AvgIpc) is 2.44. The second kappa shape index (κ2) is 7.78. The Morgan fingerprint density at radius 1 is 1.09 bits per heavy atom. The molecule has 1 aliphatic rings. The topological polar surface area (TPSA) is 87.1 Å². The molecule has 1 heterocycles. The van der Waals surface area contributed by atoms with E-state index in [1.807, 2.05) is 0 Å².